The van der Waals surface area contributed by atoms with Gasteiger partial charge in [-0.2, -0.15) is 5.26 Å². The first-order chi connectivity index (χ1) is 11.7. The fourth-order valence-corrected chi connectivity index (χ4v) is 2.62. The van der Waals surface area contributed by atoms with E-state index in [1.165, 1.54) is 6.21 Å². The third-order valence-corrected chi connectivity index (χ3v) is 3.89. The third-order valence-electron chi connectivity index (χ3n) is 3.89. The summed E-state index contributed by atoms with van der Waals surface area (Å²) in [5, 5.41) is 20.9. The molecule has 0 fully saturated rings. The molecule has 3 rings (SSSR count). The lowest BCUT2D eigenvalue weighted by Crippen LogP contribution is -2.23. The van der Waals surface area contributed by atoms with E-state index in [4.69, 9.17) is 10.7 Å². The Bertz CT molecular complexity index is 953. The molecule has 2 N–H and O–H groups in total. The van der Waals surface area contributed by atoms with Crippen LogP contribution in [0, 0.1) is 16.7 Å². The van der Waals surface area contributed by atoms with E-state index in [9.17, 15) is 4.79 Å². The predicted molar refractivity (Wildman–Crippen MR) is 94.2 cm³/mol. The highest BCUT2D eigenvalue weighted by molar-refractivity contribution is 6.11. The number of fused-ring (bicyclic) bond motifs is 1. The zero-order chi connectivity index (χ0) is 16.9. The maximum atomic E-state index is 12.5. The number of benzene rings is 3. The molecule has 4 heteroatoms. The molecular weight excluding hydrogens is 298 g/mol. The highest BCUT2D eigenvalue weighted by atomic mass is 16.1. The monoisotopic (exact) mass is 313 g/mol. The third kappa shape index (κ3) is 3.01. The molecule has 3 aromatic carbocycles. The number of hydrogen-bond donors (Lipinski definition) is 2. The molecule has 0 bridgehead atoms. The lowest BCUT2D eigenvalue weighted by Gasteiger charge is -2.10. The Morgan fingerprint density at radius 2 is 1.75 bits per heavy atom. The van der Waals surface area contributed by atoms with Gasteiger partial charge in [0.2, 0.25) is 0 Å². The summed E-state index contributed by atoms with van der Waals surface area (Å²) in [6.45, 7) is 0.394. The van der Waals surface area contributed by atoms with Gasteiger partial charge in [-0.15, -0.1) is 0 Å². The highest BCUT2D eigenvalue weighted by Crippen LogP contribution is 2.22. The van der Waals surface area contributed by atoms with E-state index in [-0.39, 0.29) is 5.91 Å². The van der Waals surface area contributed by atoms with Crippen LogP contribution >= 0.6 is 0 Å². The van der Waals surface area contributed by atoms with Gasteiger partial charge in [-0.05, 0) is 40.1 Å². The van der Waals surface area contributed by atoms with Crippen molar-refractivity contribution in [2.24, 2.45) is 0 Å². The molecule has 0 aliphatic carbocycles. The average Bonchev–Trinajstić information content (AvgIpc) is 2.65. The Kier molecular flexibility index (Phi) is 4.35. The van der Waals surface area contributed by atoms with Crippen LogP contribution < -0.4 is 5.32 Å². The van der Waals surface area contributed by atoms with E-state index >= 15 is 0 Å². The first-order valence-corrected chi connectivity index (χ1v) is 7.52. The number of carbonyl (C=O) groups excluding carboxylic acids is 1. The lowest BCUT2D eigenvalue weighted by atomic mass is 9.99. The summed E-state index contributed by atoms with van der Waals surface area (Å²) in [7, 11) is 0. The molecule has 0 saturated heterocycles. The molecule has 0 saturated carbocycles. The van der Waals surface area contributed by atoms with E-state index in [1.807, 2.05) is 36.4 Å². The fourth-order valence-electron chi connectivity index (χ4n) is 2.62. The second-order valence-corrected chi connectivity index (χ2v) is 5.38. The normalized spacial score (nSPS) is 10.1. The van der Waals surface area contributed by atoms with Gasteiger partial charge < -0.3 is 10.7 Å². The minimum atomic E-state index is -0.160. The standard InChI is InChI=1S/C20H15N3O/c21-11-14-5-7-15(8-6-14)13-23-20(24)19-10-9-16(12-22)17-3-1-2-4-18(17)19/h1-10,12,22H,13H2,(H,23,24). The molecule has 24 heavy (non-hydrogen) atoms. The van der Waals surface area contributed by atoms with Crippen molar-refractivity contribution in [2.75, 3.05) is 0 Å². The molecule has 0 aliphatic heterocycles. The van der Waals surface area contributed by atoms with Gasteiger partial charge in [0.25, 0.3) is 5.91 Å². The summed E-state index contributed by atoms with van der Waals surface area (Å²) in [5.74, 6) is -0.160. The largest absolute Gasteiger partial charge is 0.348 e. The summed E-state index contributed by atoms with van der Waals surface area (Å²) < 4.78 is 0. The number of nitriles is 1. The molecular formula is C20H15N3O. The first kappa shape index (κ1) is 15.4. The molecule has 0 aliphatic rings. The van der Waals surface area contributed by atoms with E-state index in [0.29, 0.717) is 17.7 Å². The van der Waals surface area contributed by atoms with Crippen LogP contribution in [0.2, 0.25) is 0 Å². The molecule has 0 aromatic heterocycles. The Balaban J connectivity index is 1.84. The number of hydrogen-bond acceptors (Lipinski definition) is 3. The van der Waals surface area contributed by atoms with Gasteiger partial charge >= 0.3 is 0 Å². The number of amides is 1. The lowest BCUT2D eigenvalue weighted by molar-refractivity contribution is 0.0952. The maximum absolute atomic E-state index is 12.5. The zero-order valence-corrected chi connectivity index (χ0v) is 12.9. The van der Waals surface area contributed by atoms with Gasteiger partial charge in [0, 0.05) is 18.3 Å². The van der Waals surface area contributed by atoms with Crippen LogP contribution in [-0.4, -0.2) is 12.1 Å². The summed E-state index contributed by atoms with van der Waals surface area (Å²) in [6, 6.07) is 20.3. The smallest absolute Gasteiger partial charge is 0.252 e. The van der Waals surface area contributed by atoms with Gasteiger partial charge in [0.1, 0.15) is 0 Å². The number of carbonyl (C=O) groups is 1. The minimum absolute atomic E-state index is 0.160. The van der Waals surface area contributed by atoms with Gasteiger partial charge in [0.05, 0.1) is 11.6 Å². The Labute approximate surface area is 139 Å². The second kappa shape index (κ2) is 6.76. The van der Waals surface area contributed by atoms with Crippen molar-refractivity contribution >= 4 is 22.9 Å². The van der Waals surface area contributed by atoms with Crippen molar-refractivity contribution < 1.29 is 4.79 Å². The van der Waals surface area contributed by atoms with Gasteiger partial charge in [-0.25, -0.2) is 0 Å². The molecule has 0 radical (unpaired) electrons. The minimum Gasteiger partial charge on any atom is -0.348 e. The summed E-state index contributed by atoms with van der Waals surface area (Å²) in [6.07, 6.45) is 1.29. The highest BCUT2D eigenvalue weighted by Gasteiger charge is 2.11. The molecule has 4 nitrogen and oxygen atoms in total. The Morgan fingerprint density at radius 3 is 2.42 bits per heavy atom. The van der Waals surface area contributed by atoms with Crippen LogP contribution in [0.5, 0.6) is 0 Å². The molecule has 0 atom stereocenters. The fraction of sp³-hybridized carbons (Fsp3) is 0.0500. The van der Waals surface area contributed by atoms with Crippen LogP contribution in [0.25, 0.3) is 10.8 Å². The van der Waals surface area contributed by atoms with Crippen LogP contribution in [0.4, 0.5) is 0 Å². The van der Waals surface area contributed by atoms with E-state index in [0.717, 1.165) is 21.9 Å². The van der Waals surface area contributed by atoms with Crippen molar-refractivity contribution in [3.63, 3.8) is 0 Å². The topological polar surface area (TPSA) is 76.7 Å². The van der Waals surface area contributed by atoms with E-state index in [1.54, 1.807) is 24.3 Å². The molecule has 0 heterocycles. The van der Waals surface area contributed by atoms with Crippen LogP contribution in [0.3, 0.4) is 0 Å². The molecule has 0 unspecified atom stereocenters. The maximum Gasteiger partial charge on any atom is 0.252 e. The second-order valence-electron chi connectivity index (χ2n) is 5.38. The molecule has 1 amide bonds. The number of rotatable bonds is 4. The summed E-state index contributed by atoms with van der Waals surface area (Å²) in [4.78, 5) is 12.5. The first-order valence-electron chi connectivity index (χ1n) is 7.52. The Hall–Kier alpha value is -3.45. The predicted octanol–water partition coefficient (Wildman–Crippen LogP) is 3.64. The number of nitrogens with zero attached hydrogens (tertiary/aromatic N) is 1. The zero-order valence-electron chi connectivity index (χ0n) is 12.9. The van der Waals surface area contributed by atoms with Crippen molar-refractivity contribution in [1.82, 2.24) is 5.32 Å². The Morgan fingerprint density at radius 1 is 1.04 bits per heavy atom. The van der Waals surface area contributed by atoms with Crippen molar-refractivity contribution in [2.45, 2.75) is 6.54 Å². The van der Waals surface area contributed by atoms with E-state index in [2.05, 4.69) is 11.4 Å². The van der Waals surface area contributed by atoms with Crippen molar-refractivity contribution in [1.29, 1.82) is 10.7 Å². The summed E-state index contributed by atoms with van der Waals surface area (Å²) >= 11 is 0. The van der Waals surface area contributed by atoms with Crippen LogP contribution in [0.15, 0.2) is 60.7 Å². The van der Waals surface area contributed by atoms with Gasteiger partial charge in [-0.1, -0.05) is 42.5 Å². The van der Waals surface area contributed by atoms with Gasteiger partial charge in [0.15, 0.2) is 0 Å². The van der Waals surface area contributed by atoms with Crippen molar-refractivity contribution in [3.05, 3.63) is 82.9 Å². The van der Waals surface area contributed by atoms with Crippen LogP contribution in [-0.2, 0) is 6.54 Å². The van der Waals surface area contributed by atoms with Crippen LogP contribution in [0.1, 0.15) is 27.0 Å². The van der Waals surface area contributed by atoms with Gasteiger partial charge in [-0.3, -0.25) is 4.79 Å². The SMILES string of the molecule is N#Cc1ccc(CNC(=O)c2ccc(C=N)c3ccccc23)cc1. The van der Waals surface area contributed by atoms with Crippen molar-refractivity contribution in [3.8, 4) is 6.07 Å². The molecule has 3 aromatic rings. The van der Waals surface area contributed by atoms with E-state index < -0.39 is 0 Å². The average molecular weight is 313 g/mol. The number of nitrogens with one attached hydrogen (secondary N) is 2. The quantitative estimate of drug-likeness (QED) is 0.721. The molecule has 116 valence electrons. The molecule has 0 spiro atoms. The summed E-state index contributed by atoms with van der Waals surface area (Å²) in [5.41, 5.74) is 2.90.